The lowest BCUT2D eigenvalue weighted by Crippen LogP contribution is -2.04. The van der Waals surface area contributed by atoms with E-state index in [-0.39, 0.29) is 6.10 Å². The van der Waals surface area contributed by atoms with Crippen molar-refractivity contribution < 1.29 is 9.52 Å². The Labute approximate surface area is 66.1 Å². The van der Waals surface area contributed by atoms with E-state index in [0.29, 0.717) is 12.3 Å². The Kier molecular flexibility index (Phi) is 2.29. The van der Waals surface area contributed by atoms with Crippen molar-refractivity contribution in [2.45, 2.75) is 33.3 Å². The Hall–Kier alpha value is -0.830. The lowest BCUT2D eigenvalue weighted by atomic mass is 10.3. The van der Waals surface area contributed by atoms with Crippen LogP contribution in [0.25, 0.3) is 0 Å². The highest BCUT2D eigenvalue weighted by atomic mass is 16.4. The van der Waals surface area contributed by atoms with Gasteiger partial charge in [0.05, 0.1) is 11.8 Å². The molecule has 0 bridgehead atoms. The summed E-state index contributed by atoms with van der Waals surface area (Å²) >= 11 is 0. The van der Waals surface area contributed by atoms with Gasteiger partial charge < -0.3 is 9.52 Å². The first-order valence-corrected chi connectivity index (χ1v) is 3.70. The van der Waals surface area contributed by atoms with Crippen molar-refractivity contribution in [1.29, 1.82) is 0 Å². The second-order valence-corrected chi connectivity index (χ2v) is 2.80. The van der Waals surface area contributed by atoms with Crippen LogP contribution in [-0.4, -0.2) is 16.2 Å². The largest absolute Gasteiger partial charge is 0.446 e. The van der Waals surface area contributed by atoms with Gasteiger partial charge in [0.1, 0.15) is 5.76 Å². The fourth-order valence-electron chi connectivity index (χ4n) is 0.879. The Bertz CT molecular complexity index is 221. The predicted molar refractivity (Wildman–Crippen MR) is 41.4 cm³/mol. The van der Waals surface area contributed by atoms with Crippen molar-refractivity contribution in [3.05, 3.63) is 17.3 Å². The maximum absolute atomic E-state index is 9.01. The van der Waals surface area contributed by atoms with Crippen LogP contribution in [0.4, 0.5) is 0 Å². The summed E-state index contributed by atoms with van der Waals surface area (Å²) in [7, 11) is 0. The second kappa shape index (κ2) is 3.05. The Balaban J connectivity index is 2.73. The van der Waals surface area contributed by atoms with Crippen LogP contribution in [0.3, 0.4) is 0 Å². The van der Waals surface area contributed by atoms with Gasteiger partial charge in [-0.05, 0) is 20.8 Å². The molecule has 1 rings (SSSR count). The summed E-state index contributed by atoms with van der Waals surface area (Å²) in [5, 5.41) is 9.01. The van der Waals surface area contributed by atoms with Gasteiger partial charge in [0, 0.05) is 6.42 Å². The summed E-state index contributed by atoms with van der Waals surface area (Å²) in [6, 6.07) is 0. The topological polar surface area (TPSA) is 46.3 Å². The number of rotatable bonds is 2. The molecule has 0 amide bonds. The molecule has 0 aromatic carbocycles. The van der Waals surface area contributed by atoms with Crippen LogP contribution in [0.15, 0.2) is 4.42 Å². The maximum Gasteiger partial charge on any atom is 0.197 e. The molecule has 0 spiro atoms. The lowest BCUT2D eigenvalue weighted by Gasteiger charge is -1.96. The second-order valence-electron chi connectivity index (χ2n) is 2.80. The first kappa shape index (κ1) is 8.27. The highest BCUT2D eigenvalue weighted by Crippen LogP contribution is 2.09. The Morgan fingerprint density at radius 3 is 2.55 bits per heavy atom. The molecule has 0 saturated heterocycles. The molecule has 0 aliphatic carbocycles. The molecule has 0 aliphatic heterocycles. The predicted octanol–water partition coefficient (Wildman–Crippen LogP) is 1.21. The molecule has 1 aromatic heterocycles. The molecule has 11 heavy (non-hydrogen) atoms. The molecular formula is C8H13NO2. The van der Waals surface area contributed by atoms with E-state index in [0.717, 1.165) is 11.5 Å². The molecule has 1 N–H and O–H groups in total. The summed E-state index contributed by atoms with van der Waals surface area (Å²) in [5.74, 6) is 1.45. The van der Waals surface area contributed by atoms with Gasteiger partial charge in [-0.3, -0.25) is 0 Å². The number of nitrogens with zero attached hydrogens (tertiary/aromatic N) is 1. The lowest BCUT2D eigenvalue weighted by molar-refractivity contribution is 0.185. The van der Waals surface area contributed by atoms with Gasteiger partial charge in [0.25, 0.3) is 0 Å². The van der Waals surface area contributed by atoms with E-state index < -0.39 is 0 Å². The Morgan fingerprint density at radius 2 is 2.18 bits per heavy atom. The molecule has 0 saturated carbocycles. The first-order valence-electron chi connectivity index (χ1n) is 3.70. The molecule has 3 nitrogen and oxygen atoms in total. The molecular weight excluding hydrogens is 142 g/mol. The minimum absolute atomic E-state index is 0.382. The fraction of sp³-hybridized carbons (Fsp3) is 0.625. The molecule has 0 unspecified atom stereocenters. The minimum atomic E-state index is -0.382. The number of aromatic nitrogens is 1. The van der Waals surface area contributed by atoms with E-state index in [9.17, 15) is 0 Å². The van der Waals surface area contributed by atoms with Crippen molar-refractivity contribution in [2.24, 2.45) is 0 Å². The fourth-order valence-corrected chi connectivity index (χ4v) is 0.879. The number of hydrogen-bond acceptors (Lipinski definition) is 3. The van der Waals surface area contributed by atoms with Crippen molar-refractivity contribution in [3.8, 4) is 0 Å². The SMILES string of the molecule is Cc1nc(C[C@H](C)O)oc1C. The van der Waals surface area contributed by atoms with Gasteiger partial charge in [-0.25, -0.2) is 4.98 Å². The summed E-state index contributed by atoms with van der Waals surface area (Å²) in [5.41, 5.74) is 0.903. The summed E-state index contributed by atoms with van der Waals surface area (Å²) in [4.78, 5) is 4.12. The third-order valence-corrected chi connectivity index (χ3v) is 1.54. The van der Waals surface area contributed by atoms with E-state index >= 15 is 0 Å². The monoisotopic (exact) mass is 155 g/mol. The number of oxazole rings is 1. The summed E-state index contributed by atoms with van der Waals surface area (Å²) < 4.78 is 5.25. The van der Waals surface area contributed by atoms with E-state index in [1.807, 2.05) is 13.8 Å². The van der Waals surface area contributed by atoms with Crippen LogP contribution in [0, 0.1) is 13.8 Å². The number of hydrogen-bond donors (Lipinski definition) is 1. The van der Waals surface area contributed by atoms with Crippen molar-refractivity contribution >= 4 is 0 Å². The zero-order valence-electron chi connectivity index (χ0n) is 7.09. The van der Waals surface area contributed by atoms with E-state index in [1.54, 1.807) is 6.92 Å². The highest BCUT2D eigenvalue weighted by molar-refractivity contribution is 5.05. The third-order valence-electron chi connectivity index (χ3n) is 1.54. The van der Waals surface area contributed by atoms with Crippen LogP contribution in [-0.2, 0) is 6.42 Å². The highest BCUT2D eigenvalue weighted by Gasteiger charge is 2.07. The van der Waals surface area contributed by atoms with Crippen molar-refractivity contribution in [1.82, 2.24) is 4.98 Å². The van der Waals surface area contributed by atoms with Crippen LogP contribution in [0.2, 0.25) is 0 Å². The number of aliphatic hydroxyl groups is 1. The molecule has 3 heteroatoms. The van der Waals surface area contributed by atoms with Crippen molar-refractivity contribution in [2.75, 3.05) is 0 Å². The van der Waals surface area contributed by atoms with E-state index in [4.69, 9.17) is 9.52 Å². The molecule has 1 heterocycles. The number of aliphatic hydroxyl groups excluding tert-OH is 1. The molecule has 62 valence electrons. The van der Waals surface area contributed by atoms with Gasteiger partial charge in [-0.15, -0.1) is 0 Å². The van der Waals surface area contributed by atoms with Gasteiger partial charge in [0.15, 0.2) is 5.89 Å². The summed E-state index contributed by atoms with van der Waals surface area (Å²) in [6.45, 7) is 5.48. The summed E-state index contributed by atoms with van der Waals surface area (Å²) in [6.07, 6.45) is 0.113. The Morgan fingerprint density at radius 1 is 1.55 bits per heavy atom. The molecule has 1 atom stereocenters. The molecule has 0 fully saturated rings. The van der Waals surface area contributed by atoms with Gasteiger partial charge in [-0.2, -0.15) is 0 Å². The average Bonchev–Trinajstić information content (AvgIpc) is 2.10. The minimum Gasteiger partial charge on any atom is -0.446 e. The van der Waals surface area contributed by atoms with Crippen LogP contribution in [0.5, 0.6) is 0 Å². The molecule has 0 radical (unpaired) electrons. The van der Waals surface area contributed by atoms with E-state index in [1.165, 1.54) is 0 Å². The maximum atomic E-state index is 9.01. The third kappa shape index (κ3) is 2.05. The van der Waals surface area contributed by atoms with Crippen molar-refractivity contribution in [3.63, 3.8) is 0 Å². The van der Waals surface area contributed by atoms with Crippen LogP contribution < -0.4 is 0 Å². The van der Waals surface area contributed by atoms with Gasteiger partial charge in [0.2, 0.25) is 0 Å². The van der Waals surface area contributed by atoms with Gasteiger partial charge in [-0.1, -0.05) is 0 Å². The quantitative estimate of drug-likeness (QED) is 0.698. The van der Waals surface area contributed by atoms with E-state index in [2.05, 4.69) is 4.98 Å². The van der Waals surface area contributed by atoms with Crippen LogP contribution in [0.1, 0.15) is 24.3 Å². The zero-order valence-corrected chi connectivity index (χ0v) is 7.09. The average molecular weight is 155 g/mol. The van der Waals surface area contributed by atoms with Gasteiger partial charge >= 0.3 is 0 Å². The normalized spacial score (nSPS) is 13.5. The number of aryl methyl sites for hydroxylation is 2. The smallest absolute Gasteiger partial charge is 0.197 e. The first-order chi connectivity index (χ1) is 5.09. The molecule has 1 aromatic rings. The zero-order chi connectivity index (χ0) is 8.43. The van der Waals surface area contributed by atoms with Crippen LogP contribution >= 0.6 is 0 Å². The standard InChI is InChI=1S/C8H13NO2/c1-5(10)4-8-9-6(2)7(3)11-8/h5,10H,4H2,1-3H3/t5-/m0/s1. The molecule has 0 aliphatic rings.